The van der Waals surface area contributed by atoms with Gasteiger partial charge in [-0.2, -0.15) is 0 Å². The van der Waals surface area contributed by atoms with Gasteiger partial charge in [0, 0.05) is 18.0 Å². The highest BCUT2D eigenvalue weighted by molar-refractivity contribution is 7.99. The van der Waals surface area contributed by atoms with E-state index in [0.717, 1.165) is 28.7 Å². The van der Waals surface area contributed by atoms with Crippen LogP contribution in [0.1, 0.15) is 0 Å². The Morgan fingerprint density at radius 1 is 1.46 bits per heavy atom. The summed E-state index contributed by atoms with van der Waals surface area (Å²) in [5.41, 5.74) is 8.76. The van der Waals surface area contributed by atoms with E-state index >= 15 is 0 Å². The summed E-state index contributed by atoms with van der Waals surface area (Å²) in [5, 5.41) is 1.13. The van der Waals surface area contributed by atoms with Gasteiger partial charge in [0.05, 0.1) is 11.0 Å². The Morgan fingerprint density at radius 2 is 2.38 bits per heavy atom. The van der Waals surface area contributed by atoms with Crippen molar-refractivity contribution in [1.82, 2.24) is 9.55 Å². The molecule has 66 valence electrons. The summed E-state index contributed by atoms with van der Waals surface area (Å²) in [7, 11) is 0. The fourth-order valence-electron chi connectivity index (χ4n) is 1.67. The average Bonchev–Trinajstić information content (AvgIpc) is 2.64. The number of anilines is 1. The number of aromatic nitrogens is 2. The Morgan fingerprint density at radius 3 is 3.31 bits per heavy atom. The number of fused-ring (bicyclic) bond motifs is 3. The molecule has 0 aliphatic carbocycles. The Hall–Kier alpha value is -1.16. The van der Waals surface area contributed by atoms with Crippen molar-refractivity contribution >= 4 is 28.5 Å². The summed E-state index contributed by atoms with van der Waals surface area (Å²) in [6, 6.07) is 5.88. The summed E-state index contributed by atoms with van der Waals surface area (Å²) in [5.74, 6) is 1.13. The first-order valence-corrected chi connectivity index (χ1v) is 5.22. The lowest BCUT2D eigenvalue weighted by atomic mass is 10.3. The molecule has 1 aliphatic rings. The molecular weight excluding hydrogens is 182 g/mol. The van der Waals surface area contributed by atoms with Crippen LogP contribution in [-0.4, -0.2) is 15.3 Å². The highest BCUT2D eigenvalue weighted by Gasteiger charge is 2.16. The van der Waals surface area contributed by atoms with Crippen LogP contribution >= 0.6 is 11.8 Å². The van der Waals surface area contributed by atoms with E-state index in [9.17, 15) is 0 Å². The molecule has 2 N–H and O–H groups in total. The fourth-order valence-corrected chi connectivity index (χ4v) is 2.64. The zero-order chi connectivity index (χ0) is 8.84. The highest BCUT2D eigenvalue weighted by Crippen LogP contribution is 2.30. The molecule has 1 aromatic carbocycles. The predicted molar refractivity (Wildman–Crippen MR) is 54.9 cm³/mol. The van der Waals surface area contributed by atoms with Crippen molar-refractivity contribution in [2.45, 2.75) is 11.7 Å². The average molecular weight is 191 g/mol. The minimum atomic E-state index is 0.812. The molecule has 0 saturated heterocycles. The largest absolute Gasteiger partial charge is 0.399 e. The van der Waals surface area contributed by atoms with Crippen LogP contribution in [0.15, 0.2) is 23.4 Å². The molecule has 0 fully saturated rings. The molecular formula is C9H9N3S. The lowest BCUT2D eigenvalue weighted by Gasteiger charge is -1.97. The number of benzene rings is 1. The van der Waals surface area contributed by atoms with Crippen molar-refractivity contribution in [2.75, 3.05) is 11.5 Å². The number of hydrogen-bond acceptors (Lipinski definition) is 3. The first-order valence-electron chi connectivity index (χ1n) is 4.23. The van der Waals surface area contributed by atoms with Crippen molar-refractivity contribution in [3.05, 3.63) is 18.2 Å². The number of nitrogen functional groups attached to an aromatic ring is 1. The monoisotopic (exact) mass is 191 g/mol. The van der Waals surface area contributed by atoms with Crippen LogP contribution in [0.5, 0.6) is 0 Å². The van der Waals surface area contributed by atoms with E-state index in [1.54, 1.807) is 0 Å². The topological polar surface area (TPSA) is 43.8 Å². The van der Waals surface area contributed by atoms with Gasteiger partial charge in [0.1, 0.15) is 0 Å². The van der Waals surface area contributed by atoms with Gasteiger partial charge in [-0.1, -0.05) is 11.8 Å². The van der Waals surface area contributed by atoms with Crippen LogP contribution < -0.4 is 5.73 Å². The normalized spacial score (nSPS) is 15.1. The molecule has 13 heavy (non-hydrogen) atoms. The van der Waals surface area contributed by atoms with Crippen molar-refractivity contribution < 1.29 is 0 Å². The molecule has 3 nitrogen and oxygen atoms in total. The molecule has 1 aliphatic heterocycles. The lowest BCUT2D eigenvalue weighted by molar-refractivity contribution is 0.743. The van der Waals surface area contributed by atoms with Gasteiger partial charge in [-0.25, -0.2) is 4.98 Å². The van der Waals surface area contributed by atoms with Crippen molar-refractivity contribution in [3.8, 4) is 0 Å². The van der Waals surface area contributed by atoms with Gasteiger partial charge in [-0.15, -0.1) is 0 Å². The fraction of sp³-hybridized carbons (Fsp3) is 0.222. The molecule has 0 bridgehead atoms. The SMILES string of the molecule is Nc1ccc2nc3n(c2c1)CCS3. The predicted octanol–water partition coefficient (Wildman–Crippen LogP) is 1.72. The molecule has 0 atom stereocenters. The molecule has 4 heteroatoms. The number of rotatable bonds is 0. The smallest absolute Gasteiger partial charge is 0.169 e. The van der Waals surface area contributed by atoms with E-state index in [1.165, 1.54) is 5.52 Å². The molecule has 0 saturated carbocycles. The van der Waals surface area contributed by atoms with Gasteiger partial charge >= 0.3 is 0 Å². The second-order valence-electron chi connectivity index (χ2n) is 3.14. The van der Waals surface area contributed by atoms with Crippen LogP contribution in [0, 0.1) is 0 Å². The van der Waals surface area contributed by atoms with E-state index in [1.807, 2.05) is 30.0 Å². The van der Waals surface area contributed by atoms with Gasteiger partial charge in [0.25, 0.3) is 0 Å². The Bertz CT molecular complexity index is 475. The van der Waals surface area contributed by atoms with E-state index in [4.69, 9.17) is 5.73 Å². The Kier molecular flexibility index (Phi) is 1.35. The summed E-state index contributed by atoms with van der Waals surface area (Å²) in [6.45, 7) is 1.06. The quantitative estimate of drug-likeness (QED) is 0.645. The van der Waals surface area contributed by atoms with Gasteiger partial charge < -0.3 is 10.3 Å². The summed E-state index contributed by atoms with van der Waals surface area (Å²) in [4.78, 5) is 4.50. The molecule has 3 rings (SSSR count). The summed E-state index contributed by atoms with van der Waals surface area (Å²) < 4.78 is 2.23. The zero-order valence-electron chi connectivity index (χ0n) is 7.03. The van der Waals surface area contributed by atoms with Crippen molar-refractivity contribution in [2.24, 2.45) is 0 Å². The standard InChI is InChI=1S/C9H9N3S/c10-6-1-2-7-8(5-6)12-3-4-13-9(12)11-7/h1-2,5H,3-4,10H2. The molecule has 1 aromatic heterocycles. The lowest BCUT2D eigenvalue weighted by Crippen LogP contribution is -1.93. The van der Waals surface area contributed by atoms with Crippen molar-refractivity contribution in [1.29, 1.82) is 0 Å². The second kappa shape index (κ2) is 2.42. The molecule has 0 amide bonds. The minimum absolute atomic E-state index is 0.812. The van der Waals surface area contributed by atoms with Crippen LogP contribution in [0.2, 0.25) is 0 Å². The van der Waals surface area contributed by atoms with Crippen LogP contribution in [0.4, 0.5) is 5.69 Å². The van der Waals surface area contributed by atoms with Crippen LogP contribution in [0.25, 0.3) is 11.0 Å². The van der Waals surface area contributed by atoms with Gasteiger partial charge in [0.2, 0.25) is 0 Å². The van der Waals surface area contributed by atoms with Crippen LogP contribution in [-0.2, 0) is 6.54 Å². The number of aryl methyl sites for hydroxylation is 1. The maximum atomic E-state index is 5.73. The molecule has 0 radical (unpaired) electrons. The molecule has 2 heterocycles. The highest BCUT2D eigenvalue weighted by atomic mass is 32.2. The third-order valence-electron chi connectivity index (χ3n) is 2.28. The summed E-state index contributed by atoms with van der Waals surface area (Å²) >= 11 is 1.81. The summed E-state index contributed by atoms with van der Waals surface area (Å²) in [6.07, 6.45) is 0. The van der Waals surface area contributed by atoms with E-state index in [-0.39, 0.29) is 0 Å². The Balaban J connectivity index is 2.40. The first kappa shape index (κ1) is 7.26. The third-order valence-corrected chi connectivity index (χ3v) is 3.24. The van der Waals surface area contributed by atoms with E-state index in [0.29, 0.717) is 0 Å². The van der Waals surface area contributed by atoms with Gasteiger partial charge in [0.15, 0.2) is 5.16 Å². The maximum Gasteiger partial charge on any atom is 0.169 e. The molecule has 2 aromatic rings. The van der Waals surface area contributed by atoms with Crippen molar-refractivity contribution in [3.63, 3.8) is 0 Å². The van der Waals surface area contributed by atoms with E-state index < -0.39 is 0 Å². The number of nitrogens with zero attached hydrogens (tertiary/aromatic N) is 2. The number of nitrogens with two attached hydrogens (primary N) is 1. The number of imidazole rings is 1. The van der Waals surface area contributed by atoms with Gasteiger partial charge in [-0.05, 0) is 18.2 Å². The molecule has 0 unspecified atom stereocenters. The minimum Gasteiger partial charge on any atom is -0.399 e. The number of hydrogen-bond donors (Lipinski definition) is 1. The van der Waals surface area contributed by atoms with Crippen LogP contribution in [0.3, 0.4) is 0 Å². The molecule has 0 spiro atoms. The maximum absolute atomic E-state index is 5.73. The third kappa shape index (κ3) is 0.951. The first-order chi connectivity index (χ1) is 6.34. The Labute approximate surface area is 79.9 Å². The zero-order valence-corrected chi connectivity index (χ0v) is 7.84. The van der Waals surface area contributed by atoms with Gasteiger partial charge in [-0.3, -0.25) is 0 Å². The van der Waals surface area contributed by atoms with E-state index in [2.05, 4.69) is 9.55 Å². The number of thioether (sulfide) groups is 1. The second-order valence-corrected chi connectivity index (χ2v) is 4.20.